The van der Waals surface area contributed by atoms with Crippen molar-refractivity contribution in [3.63, 3.8) is 0 Å². The summed E-state index contributed by atoms with van der Waals surface area (Å²) in [5.41, 5.74) is 1.27. The van der Waals surface area contributed by atoms with Gasteiger partial charge in [0.15, 0.2) is 0 Å². The molecule has 3 rings (SSSR count). The third kappa shape index (κ3) is 3.39. The second-order valence-corrected chi connectivity index (χ2v) is 7.95. The van der Waals surface area contributed by atoms with Crippen molar-refractivity contribution in [2.75, 3.05) is 19.3 Å². The molecule has 0 saturated carbocycles. The zero-order chi connectivity index (χ0) is 16.4. The monoisotopic (exact) mass is 335 g/mol. The predicted octanol–water partition coefficient (Wildman–Crippen LogP) is 1.84. The number of benzene rings is 1. The fourth-order valence-corrected chi connectivity index (χ4v) is 3.87. The van der Waals surface area contributed by atoms with Crippen molar-refractivity contribution < 1.29 is 13.2 Å². The Hall–Kier alpha value is -1.89. The Morgan fingerprint density at radius 3 is 2.43 bits per heavy atom. The summed E-state index contributed by atoms with van der Waals surface area (Å²) >= 11 is 0. The molecule has 23 heavy (non-hydrogen) atoms. The highest BCUT2D eigenvalue weighted by molar-refractivity contribution is 7.90. The first-order valence-corrected chi connectivity index (χ1v) is 9.79. The Bertz CT molecular complexity index is 818. The maximum absolute atomic E-state index is 12.6. The van der Waals surface area contributed by atoms with Crippen molar-refractivity contribution in [1.82, 2.24) is 14.5 Å². The van der Waals surface area contributed by atoms with Crippen LogP contribution in [-0.2, 0) is 21.2 Å². The van der Waals surface area contributed by atoms with Crippen molar-refractivity contribution in [1.29, 1.82) is 0 Å². The average Bonchev–Trinajstić information content (AvgIpc) is 2.70. The van der Waals surface area contributed by atoms with E-state index in [0.717, 1.165) is 45.0 Å². The van der Waals surface area contributed by atoms with Gasteiger partial charge >= 0.3 is 0 Å². The SMILES string of the molecule is CS(=O)(=O)c1nc2ccccc2n1CC(=O)N1CCCCCC1. The molecule has 1 amide bonds. The maximum atomic E-state index is 12.6. The summed E-state index contributed by atoms with van der Waals surface area (Å²) in [6.07, 6.45) is 5.44. The zero-order valence-electron chi connectivity index (χ0n) is 13.2. The van der Waals surface area contributed by atoms with Gasteiger partial charge in [-0.3, -0.25) is 4.79 Å². The topological polar surface area (TPSA) is 72.3 Å². The summed E-state index contributed by atoms with van der Waals surface area (Å²) in [4.78, 5) is 18.7. The first-order chi connectivity index (χ1) is 11.0. The second-order valence-electron chi connectivity index (χ2n) is 6.04. The first kappa shape index (κ1) is 16.0. The number of nitrogens with zero attached hydrogens (tertiary/aromatic N) is 3. The molecule has 0 atom stereocenters. The number of rotatable bonds is 3. The van der Waals surface area contributed by atoms with Crippen molar-refractivity contribution in [2.45, 2.75) is 37.4 Å². The van der Waals surface area contributed by atoms with Gasteiger partial charge in [-0.1, -0.05) is 25.0 Å². The van der Waals surface area contributed by atoms with Gasteiger partial charge in [0.1, 0.15) is 6.54 Å². The number of likely N-dealkylation sites (tertiary alicyclic amines) is 1. The minimum atomic E-state index is -3.50. The van der Waals surface area contributed by atoms with Crippen molar-refractivity contribution in [3.8, 4) is 0 Å². The third-order valence-corrected chi connectivity index (χ3v) is 5.18. The number of hydrogen-bond acceptors (Lipinski definition) is 4. The van der Waals surface area contributed by atoms with Crippen LogP contribution in [0.5, 0.6) is 0 Å². The summed E-state index contributed by atoms with van der Waals surface area (Å²) < 4.78 is 25.6. The van der Waals surface area contributed by atoms with E-state index in [1.54, 1.807) is 12.1 Å². The minimum absolute atomic E-state index is 0.0168. The Kier molecular flexibility index (Phi) is 4.39. The summed E-state index contributed by atoms with van der Waals surface area (Å²) in [5.74, 6) is -0.0417. The smallest absolute Gasteiger partial charge is 0.242 e. The molecule has 1 aliphatic heterocycles. The largest absolute Gasteiger partial charge is 0.341 e. The van der Waals surface area contributed by atoms with Crippen LogP contribution < -0.4 is 0 Å². The standard InChI is InChI=1S/C16H21N3O3S/c1-23(21,22)16-17-13-8-4-5-9-14(13)19(16)12-15(20)18-10-6-2-3-7-11-18/h4-5,8-9H,2-3,6-7,10-12H2,1H3. The van der Waals surface area contributed by atoms with Crippen LogP contribution in [0.1, 0.15) is 25.7 Å². The van der Waals surface area contributed by atoms with Gasteiger partial charge in [0.05, 0.1) is 11.0 Å². The van der Waals surface area contributed by atoms with Gasteiger partial charge in [-0.2, -0.15) is 0 Å². The van der Waals surface area contributed by atoms with E-state index in [1.807, 2.05) is 17.0 Å². The second kappa shape index (κ2) is 6.31. The molecule has 1 aromatic carbocycles. The van der Waals surface area contributed by atoms with Crippen LogP contribution >= 0.6 is 0 Å². The van der Waals surface area contributed by atoms with Crippen LogP contribution in [0.2, 0.25) is 0 Å². The Labute approximate surface area is 136 Å². The summed E-state index contributed by atoms with van der Waals surface area (Å²) in [6.45, 7) is 1.52. The van der Waals surface area contributed by atoms with Crippen molar-refractivity contribution in [2.24, 2.45) is 0 Å². The first-order valence-electron chi connectivity index (χ1n) is 7.90. The van der Waals surface area contributed by atoms with Crippen molar-refractivity contribution in [3.05, 3.63) is 24.3 Å². The van der Waals surface area contributed by atoms with Crippen LogP contribution in [0.4, 0.5) is 0 Å². The molecule has 1 aliphatic rings. The minimum Gasteiger partial charge on any atom is -0.341 e. The zero-order valence-corrected chi connectivity index (χ0v) is 14.1. The molecule has 0 bridgehead atoms. The third-order valence-electron chi connectivity index (χ3n) is 4.20. The lowest BCUT2D eigenvalue weighted by Gasteiger charge is -2.21. The van der Waals surface area contributed by atoms with Crippen molar-refractivity contribution >= 4 is 26.8 Å². The van der Waals surface area contributed by atoms with E-state index in [9.17, 15) is 13.2 Å². The number of aromatic nitrogens is 2. The number of sulfone groups is 1. The predicted molar refractivity (Wildman–Crippen MR) is 87.9 cm³/mol. The Morgan fingerprint density at radius 2 is 1.78 bits per heavy atom. The number of fused-ring (bicyclic) bond motifs is 1. The molecule has 6 nitrogen and oxygen atoms in total. The van der Waals surface area contributed by atoms with Crippen LogP contribution in [0.15, 0.2) is 29.4 Å². The van der Waals surface area contributed by atoms with Gasteiger partial charge in [0.25, 0.3) is 0 Å². The van der Waals surface area contributed by atoms with Crippen LogP contribution in [0, 0.1) is 0 Å². The molecule has 124 valence electrons. The molecule has 2 heterocycles. The van der Waals surface area contributed by atoms with E-state index in [4.69, 9.17) is 0 Å². The van der Waals surface area contributed by atoms with Gasteiger partial charge in [-0.25, -0.2) is 13.4 Å². The number of amides is 1. The molecular formula is C16H21N3O3S. The number of carbonyl (C=O) groups is 1. The quantitative estimate of drug-likeness (QED) is 0.858. The Morgan fingerprint density at radius 1 is 1.13 bits per heavy atom. The summed E-state index contributed by atoms with van der Waals surface area (Å²) in [6, 6.07) is 7.19. The molecule has 1 fully saturated rings. The normalized spacial score (nSPS) is 16.5. The molecule has 1 aromatic heterocycles. The fraction of sp³-hybridized carbons (Fsp3) is 0.500. The van der Waals surface area contributed by atoms with E-state index in [-0.39, 0.29) is 17.6 Å². The molecule has 0 aliphatic carbocycles. The van der Waals surface area contributed by atoms with Gasteiger partial charge in [0, 0.05) is 19.3 Å². The molecular weight excluding hydrogens is 314 g/mol. The Balaban J connectivity index is 1.96. The van der Waals surface area contributed by atoms with E-state index >= 15 is 0 Å². The van der Waals surface area contributed by atoms with E-state index < -0.39 is 9.84 Å². The highest BCUT2D eigenvalue weighted by Crippen LogP contribution is 2.20. The molecule has 7 heteroatoms. The van der Waals surface area contributed by atoms with Gasteiger partial charge in [0.2, 0.25) is 20.9 Å². The molecule has 0 spiro atoms. The van der Waals surface area contributed by atoms with Crippen LogP contribution in [-0.4, -0.2) is 48.1 Å². The van der Waals surface area contributed by atoms with E-state index in [1.165, 1.54) is 4.57 Å². The van der Waals surface area contributed by atoms with Crippen LogP contribution in [0.3, 0.4) is 0 Å². The molecule has 0 unspecified atom stereocenters. The molecule has 1 saturated heterocycles. The summed E-state index contributed by atoms with van der Waals surface area (Å²) in [5, 5.41) is -0.0399. The highest BCUT2D eigenvalue weighted by atomic mass is 32.2. The lowest BCUT2D eigenvalue weighted by Crippen LogP contribution is -2.35. The fourth-order valence-electron chi connectivity index (χ4n) is 3.04. The number of carbonyl (C=O) groups excluding carboxylic acids is 1. The van der Waals surface area contributed by atoms with Gasteiger partial charge in [-0.05, 0) is 25.0 Å². The van der Waals surface area contributed by atoms with Gasteiger partial charge in [-0.15, -0.1) is 0 Å². The maximum Gasteiger partial charge on any atom is 0.242 e. The van der Waals surface area contributed by atoms with E-state index in [0.29, 0.717) is 11.0 Å². The number of imidazole rings is 1. The average molecular weight is 335 g/mol. The lowest BCUT2D eigenvalue weighted by molar-refractivity contribution is -0.131. The molecule has 0 N–H and O–H groups in total. The number of hydrogen-bond donors (Lipinski definition) is 0. The molecule has 2 aromatic rings. The highest BCUT2D eigenvalue weighted by Gasteiger charge is 2.23. The van der Waals surface area contributed by atoms with Crippen LogP contribution in [0.25, 0.3) is 11.0 Å². The van der Waals surface area contributed by atoms with Gasteiger partial charge < -0.3 is 9.47 Å². The lowest BCUT2D eigenvalue weighted by atomic mass is 10.2. The number of para-hydroxylation sites is 2. The molecule has 0 radical (unpaired) electrons. The summed E-state index contributed by atoms with van der Waals surface area (Å²) in [7, 11) is -3.50. The van der Waals surface area contributed by atoms with E-state index in [2.05, 4.69) is 4.98 Å².